The molecule has 26 heavy (non-hydrogen) atoms. The number of hydrogen-bond donors (Lipinski definition) is 2. The van der Waals surface area contributed by atoms with E-state index in [9.17, 15) is 18.0 Å². The standard InChI is InChI=1S/C14H25N3O7SSi/c1-14(2,3)26(4,5)23-8-9-6-10-7-16(11(9)12(15)18)13(19)17(10)24-25(20,21)22/h6,10-11H,7-8H2,1-5H3,(H2,15,18)(H,20,21,22)/t10-,11+/m1/s1. The number of amides is 3. The third-order valence-electron chi connectivity index (χ3n) is 5.04. The number of hydrogen-bond acceptors (Lipinski definition) is 6. The fourth-order valence-electron chi connectivity index (χ4n) is 2.63. The van der Waals surface area contributed by atoms with E-state index in [1.54, 1.807) is 0 Å². The maximum atomic E-state index is 12.4. The summed E-state index contributed by atoms with van der Waals surface area (Å²) in [5.41, 5.74) is 5.92. The molecule has 2 aliphatic rings. The van der Waals surface area contributed by atoms with Crippen molar-refractivity contribution >= 4 is 30.7 Å². The monoisotopic (exact) mass is 407 g/mol. The van der Waals surface area contributed by atoms with Gasteiger partial charge in [0.1, 0.15) is 6.04 Å². The Morgan fingerprint density at radius 2 is 2.00 bits per heavy atom. The molecule has 10 nitrogen and oxygen atoms in total. The third-order valence-corrected chi connectivity index (χ3v) is 9.87. The van der Waals surface area contributed by atoms with E-state index in [4.69, 9.17) is 14.7 Å². The fourth-order valence-corrected chi connectivity index (χ4v) is 3.97. The van der Waals surface area contributed by atoms with Crippen LogP contribution < -0.4 is 5.73 Å². The van der Waals surface area contributed by atoms with Gasteiger partial charge in [0.15, 0.2) is 8.32 Å². The summed E-state index contributed by atoms with van der Waals surface area (Å²) in [5, 5.41) is 0.463. The number of carbonyl (C=O) groups excluding carboxylic acids is 2. The van der Waals surface area contributed by atoms with Crippen LogP contribution in [0.3, 0.4) is 0 Å². The molecular formula is C14H25N3O7SSi. The predicted octanol–water partition coefficient (Wildman–Crippen LogP) is 0.643. The summed E-state index contributed by atoms with van der Waals surface area (Å²) in [6, 6.07) is -2.70. The predicted molar refractivity (Wildman–Crippen MR) is 94.6 cm³/mol. The van der Waals surface area contributed by atoms with Gasteiger partial charge in [-0.3, -0.25) is 9.35 Å². The number of primary amides is 1. The normalized spacial score (nSPS) is 24.1. The molecule has 0 aromatic carbocycles. The van der Waals surface area contributed by atoms with E-state index < -0.39 is 42.7 Å². The molecule has 2 rings (SSSR count). The van der Waals surface area contributed by atoms with E-state index in [-0.39, 0.29) is 18.2 Å². The Morgan fingerprint density at radius 1 is 1.42 bits per heavy atom. The molecule has 0 aliphatic carbocycles. The first-order valence-corrected chi connectivity index (χ1v) is 12.3. The average Bonchev–Trinajstić information content (AvgIpc) is 2.67. The first-order valence-electron chi connectivity index (χ1n) is 8.05. The van der Waals surface area contributed by atoms with Gasteiger partial charge in [-0.1, -0.05) is 26.8 Å². The van der Waals surface area contributed by atoms with Crippen LogP contribution in [0.25, 0.3) is 0 Å². The second-order valence-electron chi connectivity index (χ2n) is 7.93. The van der Waals surface area contributed by atoms with Crippen molar-refractivity contribution in [2.24, 2.45) is 5.73 Å². The van der Waals surface area contributed by atoms with Crippen LogP contribution in [0.4, 0.5) is 4.79 Å². The first-order chi connectivity index (χ1) is 11.6. The summed E-state index contributed by atoms with van der Waals surface area (Å²) in [6.45, 7) is 10.4. The molecule has 148 valence electrons. The van der Waals surface area contributed by atoms with Gasteiger partial charge >= 0.3 is 16.4 Å². The molecule has 0 unspecified atom stereocenters. The lowest BCUT2D eigenvalue weighted by Gasteiger charge is -2.38. The Kier molecular flexibility index (Phi) is 5.29. The van der Waals surface area contributed by atoms with Gasteiger partial charge in [0.05, 0.1) is 19.2 Å². The number of nitrogens with zero attached hydrogens (tertiary/aromatic N) is 2. The fraction of sp³-hybridized carbons (Fsp3) is 0.714. The van der Waals surface area contributed by atoms with E-state index in [1.165, 1.54) is 6.08 Å². The maximum absolute atomic E-state index is 12.4. The zero-order valence-electron chi connectivity index (χ0n) is 15.4. The van der Waals surface area contributed by atoms with E-state index in [0.717, 1.165) is 4.90 Å². The molecule has 3 amide bonds. The molecule has 2 atom stereocenters. The van der Waals surface area contributed by atoms with Crippen LogP contribution in [0, 0.1) is 0 Å². The number of urea groups is 1. The van der Waals surface area contributed by atoms with Gasteiger partial charge in [-0.05, 0) is 23.7 Å². The van der Waals surface area contributed by atoms with Gasteiger partial charge in [0, 0.05) is 0 Å². The van der Waals surface area contributed by atoms with Crippen LogP contribution >= 0.6 is 0 Å². The van der Waals surface area contributed by atoms with Crippen molar-refractivity contribution in [3.63, 3.8) is 0 Å². The van der Waals surface area contributed by atoms with E-state index in [2.05, 4.69) is 25.1 Å². The van der Waals surface area contributed by atoms with Crippen molar-refractivity contribution in [2.45, 2.75) is 51.0 Å². The van der Waals surface area contributed by atoms with Gasteiger partial charge in [0.25, 0.3) is 0 Å². The number of nitrogens with two attached hydrogens (primary N) is 1. The Balaban J connectivity index is 2.29. The molecule has 2 aliphatic heterocycles. The topological polar surface area (TPSA) is 139 Å². The minimum atomic E-state index is -4.88. The Labute approximate surface area is 153 Å². The van der Waals surface area contributed by atoms with Crippen LogP contribution in [-0.2, 0) is 23.9 Å². The Morgan fingerprint density at radius 3 is 2.46 bits per heavy atom. The number of hydroxylamine groups is 2. The van der Waals surface area contributed by atoms with Crippen LogP contribution in [0.2, 0.25) is 18.1 Å². The lowest BCUT2D eigenvalue weighted by atomic mass is 9.99. The van der Waals surface area contributed by atoms with E-state index in [0.29, 0.717) is 10.6 Å². The highest BCUT2D eigenvalue weighted by Crippen LogP contribution is 2.38. The lowest BCUT2D eigenvalue weighted by molar-refractivity contribution is -0.121. The lowest BCUT2D eigenvalue weighted by Crippen LogP contribution is -2.50. The molecule has 12 heteroatoms. The summed E-state index contributed by atoms with van der Waals surface area (Å²) >= 11 is 0. The van der Waals surface area contributed by atoms with Crippen molar-refractivity contribution in [1.29, 1.82) is 0 Å². The van der Waals surface area contributed by atoms with Gasteiger partial charge in [-0.25, -0.2) is 4.79 Å². The molecule has 3 N–H and O–H groups in total. The molecule has 1 saturated heterocycles. The highest BCUT2D eigenvalue weighted by molar-refractivity contribution is 7.80. The highest BCUT2D eigenvalue weighted by Gasteiger charge is 2.49. The maximum Gasteiger partial charge on any atom is 0.418 e. The van der Waals surface area contributed by atoms with E-state index >= 15 is 0 Å². The quantitative estimate of drug-likeness (QED) is 0.374. The van der Waals surface area contributed by atoms with Crippen molar-refractivity contribution in [3.8, 4) is 0 Å². The van der Waals surface area contributed by atoms with E-state index in [1.807, 2.05) is 13.1 Å². The largest absolute Gasteiger partial charge is 0.418 e. The molecule has 0 aromatic rings. The van der Waals surface area contributed by atoms with Crippen molar-refractivity contribution in [2.75, 3.05) is 13.2 Å². The Hall–Kier alpha value is -1.47. The summed E-state index contributed by atoms with van der Waals surface area (Å²) in [6.07, 6.45) is 1.54. The smallest absolute Gasteiger partial charge is 0.413 e. The molecule has 0 aromatic heterocycles. The SMILES string of the molecule is CC(C)(C)[Si](C)(C)OCC1=C[C@@H]2CN(C(=O)N2OS(=O)(=O)O)[C@@H]1C(N)=O. The molecule has 1 fully saturated rings. The third kappa shape index (κ3) is 4.09. The molecular weight excluding hydrogens is 382 g/mol. The zero-order valence-corrected chi connectivity index (χ0v) is 17.2. The minimum Gasteiger partial charge on any atom is -0.413 e. The van der Waals surface area contributed by atoms with Crippen molar-refractivity contribution in [1.82, 2.24) is 9.96 Å². The van der Waals surface area contributed by atoms with Crippen molar-refractivity contribution < 1.29 is 31.3 Å². The Bertz CT molecular complexity index is 744. The summed E-state index contributed by atoms with van der Waals surface area (Å²) in [4.78, 5) is 25.4. The molecule has 0 spiro atoms. The minimum absolute atomic E-state index is 0.0194. The highest BCUT2D eigenvalue weighted by atomic mass is 32.3. The van der Waals surface area contributed by atoms with Crippen LogP contribution in [0.5, 0.6) is 0 Å². The van der Waals surface area contributed by atoms with Crippen LogP contribution in [0.1, 0.15) is 20.8 Å². The second kappa shape index (κ2) is 6.60. The molecule has 2 bridgehead atoms. The molecule has 2 heterocycles. The summed E-state index contributed by atoms with van der Waals surface area (Å²) in [7, 11) is -7.01. The van der Waals surface area contributed by atoms with Gasteiger partial charge in [-0.2, -0.15) is 13.5 Å². The number of carbonyl (C=O) groups is 2. The first kappa shape index (κ1) is 20.8. The van der Waals surface area contributed by atoms with Crippen LogP contribution in [-0.4, -0.2) is 68.4 Å². The average molecular weight is 408 g/mol. The molecule has 0 saturated carbocycles. The summed E-state index contributed by atoms with van der Waals surface area (Å²) in [5.74, 6) is -0.754. The van der Waals surface area contributed by atoms with Gasteiger partial charge < -0.3 is 15.1 Å². The van der Waals surface area contributed by atoms with Crippen molar-refractivity contribution in [3.05, 3.63) is 11.6 Å². The molecule has 0 radical (unpaired) electrons. The van der Waals surface area contributed by atoms with Crippen LogP contribution in [0.15, 0.2) is 11.6 Å². The number of fused-ring (bicyclic) bond motifs is 2. The van der Waals surface area contributed by atoms with Gasteiger partial charge in [0.2, 0.25) is 5.91 Å². The summed E-state index contributed by atoms with van der Waals surface area (Å²) < 4.78 is 41.3. The zero-order chi connectivity index (χ0) is 20.1. The number of rotatable bonds is 6. The second-order valence-corrected chi connectivity index (χ2v) is 13.7. The van der Waals surface area contributed by atoms with Gasteiger partial charge in [-0.15, -0.1) is 4.28 Å².